The number of carboxylic acid groups (broad SMARTS) is 1. The smallest absolute Gasteiger partial charge is 0.371 e. The van der Waals surface area contributed by atoms with Crippen molar-refractivity contribution in [2.75, 3.05) is 11.9 Å². The van der Waals surface area contributed by atoms with Crippen molar-refractivity contribution >= 4 is 23.2 Å². The predicted molar refractivity (Wildman–Crippen MR) is 64.7 cm³/mol. The van der Waals surface area contributed by atoms with E-state index in [1.54, 1.807) is 17.4 Å². The third kappa shape index (κ3) is 3.07. The maximum atomic E-state index is 10.6. The van der Waals surface area contributed by atoms with Crippen molar-refractivity contribution in [3.05, 3.63) is 34.0 Å². The Labute approximate surface area is 102 Å². The van der Waals surface area contributed by atoms with Crippen molar-refractivity contribution < 1.29 is 14.3 Å². The van der Waals surface area contributed by atoms with Gasteiger partial charge in [0.25, 0.3) is 0 Å². The highest BCUT2D eigenvalue weighted by Crippen LogP contribution is 2.14. The van der Waals surface area contributed by atoms with Gasteiger partial charge in [-0.2, -0.15) is 0 Å². The van der Waals surface area contributed by atoms with Crippen molar-refractivity contribution in [3.8, 4) is 0 Å². The van der Waals surface area contributed by atoms with Crippen LogP contribution in [-0.2, 0) is 6.42 Å². The first-order chi connectivity index (χ1) is 8.15. The highest BCUT2D eigenvalue weighted by Gasteiger charge is 2.08. The lowest BCUT2D eigenvalue weighted by Crippen LogP contribution is -2.03. The summed E-state index contributed by atoms with van der Waals surface area (Å²) in [6, 6.07) is 3.04. The number of thiazole rings is 1. The summed E-state index contributed by atoms with van der Waals surface area (Å²) < 4.78 is 5.06. The lowest BCUT2D eigenvalue weighted by atomic mass is 10.4. The van der Waals surface area contributed by atoms with Crippen LogP contribution in [0.15, 0.2) is 21.9 Å². The van der Waals surface area contributed by atoms with Crippen LogP contribution in [0.2, 0.25) is 0 Å². The number of rotatable bonds is 5. The summed E-state index contributed by atoms with van der Waals surface area (Å²) in [4.78, 5) is 14.9. The number of carboxylic acids is 1. The molecule has 0 bridgehead atoms. The Morgan fingerprint density at radius 1 is 1.59 bits per heavy atom. The van der Waals surface area contributed by atoms with Gasteiger partial charge in [0, 0.05) is 30.1 Å². The molecule has 2 heterocycles. The molecule has 0 saturated heterocycles. The Morgan fingerprint density at radius 3 is 3.00 bits per heavy atom. The standard InChI is InChI=1S/C11H12N2O3S/c1-7-6-17-10(13-7)4-5-12-9-3-2-8(16-9)11(14)15/h2-3,6,12H,4-5H2,1H3,(H,14,15). The average molecular weight is 252 g/mol. The fraction of sp³-hybridized carbons (Fsp3) is 0.273. The highest BCUT2D eigenvalue weighted by atomic mass is 32.1. The van der Waals surface area contributed by atoms with Crippen LogP contribution in [0.25, 0.3) is 0 Å². The zero-order valence-corrected chi connectivity index (χ0v) is 10.1. The van der Waals surface area contributed by atoms with E-state index in [-0.39, 0.29) is 5.76 Å². The van der Waals surface area contributed by atoms with Crippen LogP contribution in [0, 0.1) is 6.92 Å². The minimum Gasteiger partial charge on any atom is -0.475 e. The Hall–Kier alpha value is -1.82. The fourth-order valence-electron chi connectivity index (χ4n) is 1.36. The molecule has 2 aromatic rings. The van der Waals surface area contributed by atoms with Gasteiger partial charge in [-0.15, -0.1) is 11.3 Å². The zero-order chi connectivity index (χ0) is 12.3. The molecule has 5 nitrogen and oxygen atoms in total. The van der Waals surface area contributed by atoms with Gasteiger partial charge in [-0.25, -0.2) is 9.78 Å². The monoisotopic (exact) mass is 252 g/mol. The van der Waals surface area contributed by atoms with Gasteiger partial charge in [-0.3, -0.25) is 0 Å². The number of furan rings is 1. The summed E-state index contributed by atoms with van der Waals surface area (Å²) in [5.41, 5.74) is 1.02. The summed E-state index contributed by atoms with van der Waals surface area (Å²) >= 11 is 1.62. The van der Waals surface area contributed by atoms with Crippen LogP contribution in [0.4, 0.5) is 5.88 Å². The molecule has 2 rings (SSSR count). The second-order valence-electron chi connectivity index (χ2n) is 3.53. The van der Waals surface area contributed by atoms with Gasteiger partial charge < -0.3 is 14.8 Å². The summed E-state index contributed by atoms with van der Waals surface area (Å²) in [6.45, 7) is 2.62. The molecule has 0 aliphatic heterocycles. The number of hydrogen-bond donors (Lipinski definition) is 2. The summed E-state index contributed by atoms with van der Waals surface area (Å²) in [6.07, 6.45) is 0.793. The van der Waals surface area contributed by atoms with Crippen LogP contribution >= 0.6 is 11.3 Å². The lowest BCUT2D eigenvalue weighted by molar-refractivity contribution is 0.0663. The number of hydrogen-bond acceptors (Lipinski definition) is 5. The van der Waals surface area contributed by atoms with E-state index in [9.17, 15) is 4.79 Å². The molecule has 0 fully saturated rings. The molecule has 0 spiro atoms. The van der Waals surface area contributed by atoms with E-state index >= 15 is 0 Å². The van der Waals surface area contributed by atoms with Gasteiger partial charge in [-0.05, 0) is 13.0 Å². The molecule has 2 aromatic heterocycles. The zero-order valence-electron chi connectivity index (χ0n) is 9.27. The molecule has 6 heteroatoms. The first kappa shape index (κ1) is 11.7. The number of aromatic carboxylic acids is 1. The molecule has 90 valence electrons. The number of nitrogens with one attached hydrogen (secondary N) is 1. The molecule has 0 atom stereocenters. The molecule has 0 aliphatic rings. The van der Waals surface area contributed by atoms with Crippen LogP contribution in [0.1, 0.15) is 21.3 Å². The van der Waals surface area contributed by atoms with Crippen molar-refractivity contribution in [1.82, 2.24) is 4.98 Å². The molecular weight excluding hydrogens is 240 g/mol. The van der Waals surface area contributed by atoms with Gasteiger partial charge in [0.2, 0.25) is 5.76 Å². The first-order valence-corrected chi connectivity index (χ1v) is 6.01. The lowest BCUT2D eigenvalue weighted by Gasteiger charge is -1.99. The normalized spacial score (nSPS) is 10.4. The quantitative estimate of drug-likeness (QED) is 0.854. The summed E-state index contributed by atoms with van der Waals surface area (Å²) in [5, 5.41) is 14.7. The average Bonchev–Trinajstić information content (AvgIpc) is 2.88. The minimum absolute atomic E-state index is 0.0578. The maximum Gasteiger partial charge on any atom is 0.371 e. The SMILES string of the molecule is Cc1csc(CCNc2ccc(C(=O)O)o2)n1. The van der Waals surface area contributed by atoms with Crippen molar-refractivity contribution in [1.29, 1.82) is 0 Å². The maximum absolute atomic E-state index is 10.6. The van der Waals surface area contributed by atoms with E-state index in [1.807, 2.05) is 12.3 Å². The Bertz CT molecular complexity index is 518. The second-order valence-corrected chi connectivity index (χ2v) is 4.47. The van der Waals surface area contributed by atoms with Crippen LogP contribution < -0.4 is 5.32 Å². The molecule has 0 unspecified atom stereocenters. The van der Waals surface area contributed by atoms with Gasteiger partial charge in [-0.1, -0.05) is 0 Å². The van der Waals surface area contributed by atoms with Gasteiger partial charge in [0.1, 0.15) is 0 Å². The summed E-state index contributed by atoms with van der Waals surface area (Å²) in [5.74, 6) is -0.651. The predicted octanol–water partition coefficient (Wildman–Crippen LogP) is 2.40. The highest BCUT2D eigenvalue weighted by molar-refractivity contribution is 7.09. The largest absolute Gasteiger partial charge is 0.475 e. The molecule has 0 saturated carbocycles. The third-order valence-electron chi connectivity index (χ3n) is 2.12. The molecule has 17 heavy (non-hydrogen) atoms. The van der Waals surface area contributed by atoms with Gasteiger partial charge in [0.15, 0.2) is 5.88 Å². The second kappa shape index (κ2) is 5.01. The van der Waals surface area contributed by atoms with Crippen molar-refractivity contribution in [3.63, 3.8) is 0 Å². The summed E-state index contributed by atoms with van der Waals surface area (Å²) in [7, 11) is 0. The molecule has 0 radical (unpaired) electrons. The third-order valence-corrected chi connectivity index (χ3v) is 3.15. The number of aryl methyl sites for hydroxylation is 1. The number of aromatic nitrogens is 1. The van der Waals surface area contributed by atoms with E-state index < -0.39 is 5.97 Å². The number of carbonyl (C=O) groups is 1. The number of anilines is 1. The molecule has 0 aliphatic carbocycles. The molecule has 0 amide bonds. The van der Waals surface area contributed by atoms with E-state index in [4.69, 9.17) is 9.52 Å². The van der Waals surface area contributed by atoms with E-state index in [0.717, 1.165) is 17.1 Å². The molecule has 2 N–H and O–H groups in total. The minimum atomic E-state index is -1.06. The number of nitrogens with zero attached hydrogens (tertiary/aromatic N) is 1. The van der Waals surface area contributed by atoms with E-state index in [1.165, 1.54) is 6.07 Å². The van der Waals surface area contributed by atoms with E-state index in [2.05, 4.69) is 10.3 Å². The van der Waals surface area contributed by atoms with Gasteiger partial charge in [0.05, 0.1) is 5.01 Å². The van der Waals surface area contributed by atoms with E-state index in [0.29, 0.717) is 12.4 Å². The topological polar surface area (TPSA) is 75.4 Å². The van der Waals surface area contributed by atoms with Crippen LogP contribution in [0.3, 0.4) is 0 Å². The Kier molecular flexibility index (Phi) is 3.43. The molecular formula is C11H12N2O3S. The van der Waals surface area contributed by atoms with Crippen LogP contribution in [0.5, 0.6) is 0 Å². The van der Waals surface area contributed by atoms with Gasteiger partial charge >= 0.3 is 5.97 Å². The van der Waals surface area contributed by atoms with Crippen molar-refractivity contribution in [2.45, 2.75) is 13.3 Å². The Morgan fingerprint density at radius 2 is 2.41 bits per heavy atom. The van der Waals surface area contributed by atoms with Crippen molar-refractivity contribution in [2.24, 2.45) is 0 Å². The van der Waals surface area contributed by atoms with Crippen LogP contribution in [-0.4, -0.2) is 22.6 Å². The fourth-order valence-corrected chi connectivity index (χ4v) is 2.13. The first-order valence-electron chi connectivity index (χ1n) is 5.13. The Balaban J connectivity index is 1.83. The molecule has 0 aromatic carbocycles.